The summed E-state index contributed by atoms with van der Waals surface area (Å²) in [6.45, 7) is 14.3. The first-order chi connectivity index (χ1) is 16.6. The van der Waals surface area contributed by atoms with E-state index in [1.165, 1.54) is 0 Å². The van der Waals surface area contributed by atoms with Crippen LogP contribution in [-0.2, 0) is 9.59 Å². The third-order valence-corrected chi connectivity index (χ3v) is 12.5. The molecule has 1 unspecified atom stereocenters. The summed E-state index contributed by atoms with van der Waals surface area (Å²) in [6, 6.07) is 0. The standard InChI is InChI=1S/C30H46O4/c1-25(2)21-8-11-30(7)23(28(21,5)10-9-22(25)32)20(31)16-18-19-17-27(4,24(33)34)13-12-26(19,3)14-15-29(18,30)6/h16,19,21-23,32H,8-15,17H2,1-7H3,(H,33,34)/t19-,21?,22+,23-,26-,27+,28+,29-,30-/m1/s1/i9D2,22D. The van der Waals surface area contributed by atoms with Gasteiger partial charge in [0.25, 0.3) is 0 Å². The zero-order valence-electron chi connectivity index (χ0n) is 25.2. The number of rotatable bonds is 1. The fraction of sp³-hybridized carbons (Fsp3) is 0.867. The summed E-state index contributed by atoms with van der Waals surface area (Å²) >= 11 is 0. The van der Waals surface area contributed by atoms with Crippen LogP contribution in [0.25, 0.3) is 0 Å². The van der Waals surface area contributed by atoms with Crippen LogP contribution in [0.3, 0.4) is 0 Å². The van der Waals surface area contributed by atoms with Crippen LogP contribution in [0, 0.1) is 50.2 Å². The van der Waals surface area contributed by atoms with Crippen LogP contribution in [0.4, 0.5) is 0 Å². The van der Waals surface area contributed by atoms with Gasteiger partial charge in [-0.3, -0.25) is 9.59 Å². The lowest BCUT2D eigenvalue weighted by Crippen LogP contribution is -2.66. The van der Waals surface area contributed by atoms with Gasteiger partial charge in [-0.2, -0.15) is 0 Å². The third kappa shape index (κ3) is 2.81. The molecular formula is C30H46O4. The van der Waals surface area contributed by atoms with Gasteiger partial charge in [0.2, 0.25) is 0 Å². The third-order valence-electron chi connectivity index (χ3n) is 12.5. The van der Waals surface area contributed by atoms with Crippen LogP contribution in [0.5, 0.6) is 0 Å². The molecule has 5 aliphatic rings. The molecule has 4 heteroatoms. The maximum Gasteiger partial charge on any atom is 0.309 e. The molecule has 0 spiro atoms. The minimum absolute atomic E-state index is 0.0163. The second kappa shape index (κ2) is 6.99. The number of carbonyl (C=O) groups is 2. The number of carboxylic acids is 1. The molecule has 0 radical (unpaired) electrons. The van der Waals surface area contributed by atoms with Gasteiger partial charge in [-0.05, 0) is 110 Å². The van der Waals surface area contributed by atoms with Gasteiger partial charge in [0.1, 0.15) is 0 Å². The fourth-order valence-corrected chi connectivity index (χ4v) is 9.85. The van der Waals surface area contributed by atoms with Gasteiger partial charge in [-0.1, -0.05) is 47.1 Å². The predicted octanol–water partition coefficient (Wildman–Crippen LogP) is 6.41. The minimum Gasteiger partial charge on any atom is -0.481 e. The van der Waals surface area contributed by atoms with E-state index >= 15 is 0 Å². The number of aliphatic carboxylic acids is 1. The highest BCUT2D eigenvalue weighted by Crippen LogP contribution is 2.75. The Hall–Kier alpha value is -1.16. The number of carbonyl (C=O) groups excluding carboxylic acids is 1. The summed E-state index contributed by atoms with van der Waals surface area (Å²) in [6.07, 6.45) is 2.96. The second-order valence-electron chi connectivity index (χ2n) is 14.5. The number of hydrogen-bond acceptors (Lipinski definition) is 3. The minimum atomic E-state index is -2.24. The van der Waals surface area contributed by atoms with E-state index in [-0.39, 0.29) is 34.9 Å². The highest BCUT2D eigenvalue weighted by Gasteiger charge is 2.70. The highest BCUT2D eigenvalue weighted by molar-refractivity contribution is 5.95. The number of ketones is 1. The van der Waals surface area contributed by atoms with Crippen molar-refractivity contribution in [3.8, 4) is 0 Å². The first-order valence-corrected chi connectivity index (χ1v) is 13.3. The Morgan fingerprint density at radius 1 is 1.03 bits per heavy atom. The molecule has 0 aromatic carbocycles. The van der Waals surface area contributed by atoms with Gasteiger partial charge in [-0.25, -0.2) is 0 Å². The molecule has 4 nitrogen and oxygen atoms in total. The normalized spacial score (nSPS) is 59.1. The Morgan fingerprint density at radius 3 is 2.32 bits per heavy atom. The summed E-state index contributed by atoms with van der Waals surface area (Å²) in [4.78, 5) is 26.6. The molecule has 4 fully saturated rings. The summed E-state index contributed by atoms with van der Waals surface area (Å²) in [5.74, 6) is -1.24. The number of carboxylic acid groups (broad SMARTS) is 1. The first-order valence-electron chi connectivity index (χ1n) is 14.8. The summed E-state index contributed by atoms with van der Waals surface area (Å²) in [7, 11) is 0. The molecule has 0 heterocycles. The number of fused-ring (bicyclic) bond motifs is 7. The molecule has 0 aliphatic heterocycles. The monoisotopic (exact) mass is 473 g/mol. The van der Waals surface area contributed by atoms with Crippen molar-refractivity contribution in [2.24, 2.45) is 50.2 Å². The Kier molecular flexibility index (Phi) is 4.31. The molecule has 0 amide bonds. The van der Waals surface area contributed by atoms with Crippen molar-refractivity contribution < 1.29 is 23.9 Å². The van der Waals surface area contributed by atoms with Crippen molar-refractivity contribution in [2.75, 3.05) is 0 Å². The zero-order chi connectivity index (χ0) is 27.8. The Bertz CT molecular complexity index is 1100. The van der Waals surface area contributed by atoms with E-state index in [1.807, 2.05) is 19.9 Å². The van der Waals surface area contributed by atoms with Crippen LogP contribution in [0.15, 0.2) is 11.6 Å². The summed E-state index contributed by atoms with van der Waals surface area (Å²) in [5, 5.41) is 21.2. The molecule has 0 aromatic rings. The van der Waals surface area contributed by atoms with Crippen molar-refractivity contribution in [3.63, 3.8) is 0 Å². The van der Waals surface area contributed by atoms with Crippen molar-refractivity contribution in [3.05, 3.63) is 11.6 Å². The Morgan fingerprint density at radius 2 is 1.68 bits per heavy atom. The lowest BCUT2D eigenvalue weighted by atomic mass is 9.33. The first kappa shape index (κ1) is 21.0. The predicted molar refractivity (Wildman–Crippen MR) is 133 cm³/mol. The van der Waals surface area contributed by atoms with Crippen molar-refractivity contribution in [1.82, 2.24) is 0 Å². The average Bonchev–Trinajstić information content (AvgIpc) is 2.74. The number of aliphatic hydroxyl groups is 1. The lowest BCUT2D eigenvalue weighted by molar-refractivity contribution is -0.202. The summed E-state index contributed by atoms with van der Waals surface area (Å²) < 4.78 is 26.2. The quantitative estimate of drug-likeness (QED) is 0.461. The molecule has 0 bridgehead atoms. The summed E-state index contributed by atoms with van der Waals surface area (Å²) in [5.41, 5.74) is -2.08. The van der Waals surface area contributed by atoms with Gasteiger partial charge < -0.3 is 10.2 Å². The molecule has 0 aromatic heterocycles. The molecule has 34 heavy (non-hydrogen) atoms. The molecular weight excluding hydrogens is 424 g/mol. The SMILES string of the molecule is [2H]C1([2H])C[C@@]2(C)C(CC[C@]3(C)[C@@H]2C(=O)C=C2[C@H]4C[C@@](C)(C(=O)O)CC[C@]4(C)CC[C@]23C)C(C)(C)[C@@]1([2H])O. The van der Waals surface area contributed by atoms with Gasteiger partial charge in [0.05, 0.1) is 12.9 Å². The molecule has 9 atom stereocenters. The van der Waals surface area contributed by atoms with Crippen LogP contribution in [-0.4, -0.2) is 28.0 Å². The van der Waals surface area contributed by atoms with Gasteiger partial charge in [0.15, 0.2) is 5.78 Å². The van der Waals surface area contributed by atoms with E-state index in [0.717, 1.165) is 37.7 Å². The topological polar surface area (TPSA) is 74.6 Å². The fourth-order valence-electron chi connectivity index (χ4n) is 9.85. The van der Waals surface area contributed by atoms with Crippen LogP contribution in [0.2, 0.25) is 0 Å². The van der Waals surface area contributed by atoms with E-state index in [9.17, 15) is 19.8 Å². The van der Waals surface area contributed by atoms with E-state index in [1.54, 1.807) is 13.8 Å². The van der Waals surface area contributed by atoms with E-state index in [4.69, 9.17) is 4.11 Å². The molecule has 5 rings (SSSR count). The Balaban J connectivity index is 1.65. The molecule has 2 N–H and O–H groups in total. The number of hydrogen-bond donors (Lipinski definition) is 2. The second-order valence-corrected chi connectivity index (χ2v) is 14.5. The van der Waals surface area contributed by atoms with Crippen LogP contribution in [0.1, 0.15) is 110 Å². The van der Waals surface area contributed by atoms with Gasteiger partial charge >= 0.3 is 5.97 Å². The number of allylic oxidation sites excluding steroid dienone is 2. The molecule has 5 aliphatic carbocycles. The van der Waals surface area contributed by atoms with Crippen molar-refractivity contribution >= 4 is 11.8 Å². The van der Waals surface area contributed by atoms with Crippen LogP contribution < -0.4 is 0 Å². The van der Waals surface area contributed by atoms with E-state index in [0.29, 0.717) is 12.8 Å². The highest BCUT2D eigenvalue weighted by atomic mass is 16.4. The molecule has 4 saturated carbocycles. The zero-order valence-corrected chi connectivity index (χ0v) is 22.2. The maximum absolute atomic E-state index is 14.3. The Labute approximate surface area is 210 Å². The van der Waals surface area contributed by atoms with E-state index < -0.39 is 46.0 Å². The van der Waals surface area contributed by atoms with Gasteiger partial charge in [0, 0.05) is 8.66 Å². The lowest BCUT2D eigenvalue weighted by Gasteiger charge is -2.70. The van der Waals surface area contributed by atoms with Crippen LogP contribution >= 0.6 is 0 Å². The van der Waals surface area contributed by atoms with E-state index in [2.05, 4.69) is 20.8 Å². The smallest absolute Gasteiger partial charge is 0.309 e. The van der Waals surface area contributed by atoms with Crippen molar-refractivity contribution in [1.29, 1.82) is 0 Å². The maximum atomic E-state index is 14.3. The van der Waals surface area contributed by atoms with Gasteiger partial charge in [-0.15, -0.1) is 0 Å². The van der Waals surface area contributed by atoms with Crippen molar-refractivity contribution in [2.45, 2.75) is 112 Å². The molecule has 190 valence electrons. The molecule has 0 saturated heterocycles. The largest absolute Gasteiger partial charge is 0.481 e. The average molecular weight is 474 g/mol.